The summed E-state index contributed by atoms with van der Waals surface area (Å²) in [5, 5.41) is -0.446. The van der Waals surface area contributed by atoms with Gasteiger partial charge in [-0.1, -0.05) is 18.5 Å². The molecule has 0 bridgehead atoms. The molecule has 2 aromatic rings. The van der Waals surface area contributed by atoms with E-state index in [9.17, 15) is 22.4 Å². The topological polar surface area (TPSA) is 51.7 Å². The van der Waals surface area contributed by atoms with Crippen molar-refractivity contribution >= 4 is 23.4 Å². The number of methoxy groups -OCH3 is 1. The Morgan fingerprint density at radius 3 is 2.56 bits per heavy atom. The summed E-state index contributed by atoms with van der Waals surface area (Å²) in [6.07, 6.45) is -1.71. The largest absolute Gasteiger partial charge is 0.492 e. The molecule has 172 valence electrons. The number of aromatic nitrogens is 1. The zero-order valence-electron chi connectivity index (χ0n) is 17.4. The number of hydrogen-bond donors (Lipinski definition) is 0. The van der Waals surface area contributed by atoms with Gasteiger partial charge >= 0.3 is 12.1 Å². The predicted molar refractivity (Wildman–Crippen MR) is 110 cm³/mol. The third-order valence-electron chi connectivity index (χ3n) is 5.71. The first-order valence-corrected chi connectivity index (χ1v) is 10.4. The van der Waals surface area contributed by atoms with Gasteiger partial charge in [0.25, 0.3) is 0 Å². The number of carbonyl (C=O) groups excluding carboxylic acids is 1. The number of nitrogens with zero attached hydrogens (tertiary/aromatic N) is 2. The lowest BCUT2D eigenvalue weighted by atomic mass is 9.82. The lowest BCUT2D eigenvalue weighted by Crippen LogP contribution is -2.58. The van der Waals surface area contributed by atoms with Gasteiger partial charge in [-0.2, -0.15) is 13.2 Å². The summed E-state index contributed by atoms with van der Waals surface area (Å²) >= 11 is 5.64. The van der Waals surface area contributed by atoms with Crippen molar-refractivity contribution in [1.29, 1.82) is 0 Å². The van der Waals surface area contributed by atoms with Crippen LogP contribution in [-0.4, -0.2) is 37.8 Å². The third kappa shape index (κ3) is 4.48. The molecule has 0 N–H and O–H groups in total. The van der Waals surface area contributed by atoms with Gasteiger partial charge in [-0.25, -0.2) is 14.2 Å². The number of carbonyl (C=O) groups is 1. The highest BCUT2D eigenvalue weighted by molar-refractivity contribution is 6.31. The lowest BCUT2D eigenvalue weighted by Gasteiger charge is -2.48. The summed E-state index contributed by atoms with van der Waals surface area (Å²) < 4.78 is 64.3. The van der Waals surface area contributed by atoms with Crippen LogP contribution < -0.4 is 9.64 Å². The van der Waals surface area contributed by atoms with Crippen molar-refractivity contribution in [2.24, 2.45) is 5.41 Å². The Kier molecular flexibility index (Phi) is 5.73. The minimum absolute atomic E-state index is 0.128. The highest BCUT2D eigenvalue weighted by atomic mass is 35.5. The lowest BCUT2D eigenvalue weighted by molar-refractivity contribution is -0.137. The number of rotatable bonds is 6. The van der Waals surface area contributed by atoms with Crippen LogP contribution in [-0.2, 0) is 10.9 Å². The Labute approximate surface area is 187 Å². The highest BCUT2D eigenvalue weighted by Gasteiger charge is 2.42. The molecule has 0 unspecified atom stereocenters. The van der Waals surface area contributed by atoms with E-state index in [4.69, 9.17) is 16.3 Å². The molecule has 2 fully saturated rings. The Hall–Kier alpha value is -2.55. The van der Waals surface area contributed by atoms with Crippen LogP contribution in [0.15, 0.2) is 24.4 Å². The average Bonchev–Trinajstić information content (AvgIpc) is 3.54. The van der Waals surface area contributed by atoms with Crippen LogP contribution in [0.1, 0.15) is 47.2 Å². The molecule has 1 aliphatic carbocycles. The maximum absolute atomic E-state index is 14.4. The standard InChI is InChI=1S/C22H21ClF4N2O3/c1-21(9-29(10-21)19-6-15(22(25,26)27)16(23)8-28-19)11-32-18-7-17(24)14(20(30)31-2)5-13(18)12-3-4-12/h5-8,12H,3-4,9-11H2,1-2H3. The average molecular weight is 473 g/mol. The molecule has 5 nitrogen and oxygen atoms in total. The van der Waals surface area contributed by atoms with E-state index >= 15 is 0 Å². The van der Waals surface area contributed by atoms with E-state index in [0.717, 1.165) is 30.7 Å². The number of benzene rings is 1. The fourth-order valence-corrected chi connectivity index (χ4v) is 4.09. The molecule has 4 rings (SSSR count). The van der Waals surface area contributed by atoms with Gasteiger partial charge in [0.05, 0.1) is 29.9 Å². The fraction of sp³-hybridized carbons (Fsp3) is 0.455. The van der Waals surface area contributed by atoms with Crippen molar-refractivity contribution in [2.45, 2.75) is 31.9 Å². The van der Waals surface area contributed by atoms with Crippen LogP contribution in [0.4, 0.5) is 23.4 Å². The second-order valence-corrected chi connectivity index (χ2v) is 9.02. The van der Waals surface area contributed by atoms with Crippen molar-refractivity contribution in [3.8, 4) is 5.75 Å². The zero-order valence-corrected chi connectivity index (χ0v) is 18.2. The van der Waals surface area contributed by atoms with Crippen molar-refractivity contribution in [3.05, 3.63) is 51.9 Å². The van der Waals surface area contributed by atoms with Crippen molar-refractivity contribution in [1.82, 2.24) is 4.98 Å². The van der Waals surface area contributed by atoms with E-state index in [0.29, 0.717) is 18.8 Å². The number of alkyl halides is 3. The maximum atomic E-state index is 14.4. The molecule has 1 saturated carbocycles. The summed E-state index contributed by atoms with van der Waals surface area (Å²) in [6, 6.07) is 3.63. The molecular formula is C22H21ClF4N2O3. The molecule has 0 spiro atoms. The number of anilines is 1. The normalized spacial score (nSPS) is 17.7. The van der Waals surface area contributed by atoms with Crippen LogP contribution in [0.25, 0.3) is 0 Å². The Morgan fingerprint density at radius 2 is 1.97 bits per heavy atom. The Morgan fingerprint density at radius 1 is 1.28 bits per heavy atom. The molecular weight excluding hydrogens is 452 g/mol. The first-order chi connectivity index (χ1) is 15.0. The van der Waals surface area contributed by atoms with Gasteiger partial charge < -0.3 is 14.4 Å². The maximum Gasteiger partial charge on any atom is 0.418 e. The molecule has 10 heteroatoms. The molecule has 1 aromatic heterocycles. The van der Waals surface area contributed by atoms with E-state index in [-0.39, 0.29) is 29.3 Å². The third-order valence-corrected chi connectivity index (χ3v) is 6.01. The van der Waals surface area contributed by atoms with Gasteiger partial charge in [-0.05, 0) is 36.5 Å². The molecule has 1 aromatic carbocycles. The van der Waals surface area contributed by atoms with Gasteiger partial charge in [-0.3, -0.25) is 0 Å². The van der Waals surface area contributed by atoms with Gasteiger partial charge in [0.1, 0.15) is 17.4 Å². The zero-order chi connectivity index (χ0) is 23.3. The van der Waals surface area contributed by atoms with Crippen LogP contribution in [0.3, 0.4) is 0 Å². The number of pyridine rings is 1. The molecule has 1 saturated heterocycles. The van der Waals surface area contributed by atoms with E-state index in [1.165, 1.54) is 19.2 Å². The summed E-state index contributed by atoms with van der Waals surface area (Å²) in [7, 11) is 1.19. The van der Waals surface area contributed by atoms with Crippen LogP contribution in [0, 0.1) is 11.2 Å². The van der Waals surface area contributed by atoms with Crippen LogP contribution in [0.2, 0.25) is 5.02 Å². The highest BCUT2D eigenvalue weighted by Crippen LogP contribution is 2.46. The first kappa shape index (κ1) is 22.6. The van der Waals surface area contributed by atoms with Crippen molar-refractivity contribution in [3.63, 3.8) is 0 Å². The minimum atomic E-state index is -4.56. The first-order valence-electron chi connectivity index (χ1n) is 10.0. The SMILES string of the molecule is COC(=O)c1cc(C2CC2)c(OCC2(C)CN(c3cc(C(F)(F)F)c(Cl)cn3)C2)cc1F. The van der Waals surface area contributed by atoms with E-state index in [1.54, 1.807) is 4.90 Å². The molecule has 0 amide bonds. The molecule has 1 aliphatic heterocycles. The number of halogens is 5. The molecule has 32 heavy (non-hydrogen) atoms. The molecule has 0 atom stereocenters. The summed E-state index contributed by atoms with van der Waals surface area (Å²) in [5.41, 5.74) is -0.653. The Balaban J connectivity index is 1.45. The second kappa shape index (κ2) is 8.10. The summed E-state index contributed by atoms with van der Waals surface area (Å²) in [6.45, 7) is 3.00. The monoisotopic (exact) mass is 472 g/mol. The smallest absolute Gasteiger partial charge is 0.418 e. The summed E-state index contributed by atoms with van der Waals surface area (Å²) in [4.78, 5) is 17.5. The van der Waals surface area contributed by atoms with Crippen LogP contribution in [0.5, 0.6) is 5.75 Å². The Bertz CT molecular complexity index is 1050. The molecule has 2 heterocycles. The predicted octanol–water partition coefficient (Wildman–Crippen LogP) is 5.46. The summed E-state index contributed by atoms with van der Waals surface area (Å²) in [5.74, 6) is -0.695. The van der Waals surface area contributed by atoms with Crippen LogP contribution >= 0.6 is 11.6 Å². The van der Waals surface area contributed by atoms with Gasteiger partial charge in [0.15, 0.2) is 0 Å². The van der Waals surface area contributed by atoms with Crippen molar-refractivity contribution in [2.75, 3.05) is 31.7 Å². The molecule has 0 radical (unpaired) electrons. The molecule has 2 aliphatic rings. The van der Waals surface area contributed by atoms with E-state index in [2.05, 4.69) is 9.72 Å². The number of esters is 1. The second-order valence-electron chi connectivity index (χ2n) is 8.61. The van der Waals surface area contributed by atoms with Gasteiger partial charge in [-0.15, -0.1) is 0 Å². The fourth-order valence-electron chi connectivity index (χ4n) is 3.87. The van der Waals surface area contributed by atoms with Gasteiger partial charge in [0, 0.05) is 30.8 Å². The minimum Gasteiger partial charge on any atom is -0.492 e. The van der Waals surface area contributed by atoms with Crippen molar-refractivity contribution < 1.29 is 31.8 Å². The van der Waals surface area contributed by atoms with Gasteiger partial charge in [0.2, 0.25) is 0 Å². The number of hydrogen-bond acceptors (Lipinski definition) is 5. The number of ether oxygens (including phenoxy) is 2. The van der Waals surface area contributed by atoms with E-state index < -0.39 is 28.5 Å². The quantitative estimate of drug-likeness (QED) is 0.412. The van der Waals surface area contributed by atoms with E-state index in [1.807, 2.05) is 6.92 Å².